The normalized spacial score (nSPS) is 10.1. The Morgan fingerprint density at radius 2 is 1.60 bits per heavy atom. The van der Waals surface area contributed by atoms with Crippen molar-refractivity contribution in [3.63, 3.8) is 0 Å². The van der Waals surface area contributed by atoms with Crippen LogP contribution in [0.5, 0.6) is 11.5 Å². The first-order chi connectivity index (χ1) is 9.81. The lowest BCUT2D eigenvalue weighted by atomic mass is 10.3. The second-order valence-corrected chi connectivity index (χ2v) is 5.30. The molecule has 0 spiro atoms. The Balaban J connectivity index is 1.83. The zero-order valence-corrected chi connectivity index (χ0v) is 13.6. The van der Waals surface area contributed by atoms with Crippen LogP contribution in [0.25, 0.3) is 0 Å². The van der Waals surface area contributed by atoms with E-state index in [2.05, 4.69) is 40.0 Å². The van der Waals surface area contributed by atoms with Crippen LogP contribution in [0.3, 0.4) is 0 Å². The van der Waals surface area contributed by atoms with E-state index in [1.54, 1.807) is 0 Å². The maximum atomic E-state index is 5.76. The molecule has 3 nitrogen and oxygen atoms in total. The molecule has 0 unspecified atom stereocenters. The molecule has 4 heteroatoms. The molecular weight excluding hydrogens is 365 g/mol. The van der Waals surface area contributed by atoms with Crippen molar-refractivity contribution in [3.05, 3.63) is 52.1 Å². The van der Waals surface area contributed by atoms with E-state index in [0.29, 0.717) is 13.2 Å². The van der Waals surface area contributed by atoms with Crippen LogP contribution in [0.1, 0.15) is 6.92 Å². The van der Waals surface area contributed by atoms with Crippen molar-refractivity contribution in [1.82, 2.24) is 0 Å². The van der Waals surface area contributed by atoms with Gasteiger partial charge >= 0.3 is 0 Å². The highest BCUT2D eigenvalue weighted by molar-refractivity contribution is 14.1. The molecule has 0 atom stereocenters. The second kappa shape index (κ2) is 7.99. The van der Waals surface area contributed by atoms with Gasteiger partial charge in [0.1, 0.15) is 6.61 Å². The number of ether oxygens (including phenoxy) is 2. The quantitative estimate of drug-likeness (QED) is 0.575. The number of nitrogens with one attached hydrogen (secondary N) is 1. The van der Waals surface area contributed by atoms with E-state index in [1.807, 2.05) is 43.3 Å². The third-order valence-corrected chi connectivity index (χ3v) is 3.64. The average molecular weight is 383 g/mol. The Labute approximate surface area is 133 Å². The molecule has 0 fully saturated rings. The summed E-state index contributed by atoms with van der Waals surface area (Å²) in [7, 11) is 0. The topological polar surface area (TPSA) is 30.5 Å². The van der Waals surface area contributed by atoms with E-state index < -0.39 is 0 Å². The van der Waals surface area contributed by atoms with Gasteiger partial charge < -0.3 is 14.8 Å². The molecule has 2 rings (SSSR count). The molecule has 0 amide bonds. The second-order valence-electron chi connectivity index (χ2n) is 4.13. The van der Waals surface area contributed by atoms with Gasteiger partial charge in [-0.1, -0.05) is 24.3 Å². The van der Waals surface area contributed by atoms with E-state index in [9.17, 15) is 0 Å². The number of halogens is 1. The van der Waals surface area contributed by atoms with Gasteiger partial charge in [-0.25, -0.2) is 0 Å². The number of benzene rings is 2. The molecule has 0 heterocycles. The van der Waals surface area contributed by atoms with Crippen molar-refractivity contribution in [3.8, 4) is 11.5 Å². The summed E-state index contributed by atoms with van der Waals surface area (Å²) < 4.78 is 12.5. The Bertz CT molecular complexity index is 546. The zero-order valence-electron chi connectivity index (χ0n) is 11.4. The van der Waals surface area contributed by atoms with Crippen LogP contribution in [0.15, 0.2) is 48.5 Å². The van der Waals surface area contributed by atoms with E-state index >= 15 is 0 Å². The van der Waals surface area contributed by atoms with Gasteiger partial charge in [0.05, 0.1) is 6.61 Å². The van der Waals surface area contributed by atoms with E-state index in [4.69, 9.17) is 9.47 Å². The summed E-state index contributed by atoms with van der Waals surface area (Å²) in [6.07, 6.45) is 0. The first-order valence-corrected chi connectivity index (χ1v) is 7.72. The van der Waals surface area contributed by atoms with Crippen LogP contribution in [0.4, 0.5) is 5.69 Å². The van der Waals surface area contributed by atoms with Crippen LogP contribution in [-0.4, -0.2) is 19.8 Å². The molecular formula is C16H18INO2. The van der Waals surface area contributed by atoms with Gasteiger partial charge in [0.2, 0.25) is 0 Å². The molecule has 0 aliphatic rings. The molecule has 0 bridgehead atoms. The van der Waals surface area contributed by atoms with Crippen LogP contribution < -0.4 is 14.8 Å². The smallest absolute Gasteiger partial charge is 0.161 e. The standard InChI is InChI=1S/C16H18INO2/c1-2-19-15-9-5-6-10-16(15)20-12-11-18-14-8-4-3-7-13(14)17/h3-10,18H,2,11-12H2,1H3. The fourth-order valence-corrected chi connectivity index (χ4v) is 2.37. The van der Waals surface area contributed by atoms with Crippen LogP contribution >= 0.6 is 22.6 Å². The minimum absolute atomic E-state index is 0.592. The Kier molecular flexibility index (Phi) is 5.98. The first kappa shape index (κ1) is 15.0. The van der Waals surface area contributed by atoms with Crippen molar-refractivity contribution < 1.29 is 9.47 Å². The highest BCUT2D eigenvalue weighted by Gasteiger charge is 2.03. The van der Waals surface area contributed by atoms with Gasteiger partial charge in [-0.3, -0.25) is 0 Å². The van der Waals surface area contributed by atoms with E-state index in [-0.39, 0.29) is 0 Å². The minimum Gasteiger partial charge on any atom is -0.490 e. The fourth-order valence-electron chi connectivity index (χ4n) is 1.80. The van der Waals surface area contributed by atoms with Crippen molar-refractivity contribution in [2.24, 2.45) is 0 Å². The Morgan fingerprint density at radius 3 is 2.30 bits per heavy atom. The SMILES string of the molecule is CCOc1ccccc1OCCNc1ccccc1I. The predicted octanol–water partition coefficient (Wildman–Crippen LogP) is 4.18. The fraction of sp³-hybridized carbons (Fsp3) is 0.250. The van der Waals surface area contributed by atoms with E-state index in [0.717, 1.165) is 23.7 Å². The van der Waals surface area contributed by atoms with Crippen molar-refractivity contribution in [2.75, 3.05) is 25.1 Å². The molecule has 2 aromatic rings. The van der Waals surface area contributed by atoms with Gasteiger partial charge in [0, 0.05) is 15.8 Å². The van der Waals surface area contributed by atoms with Gasteiger partial charge in [-0.05, 0) is 53.8 Å². The van der Waals surface area contributed by atoms with Crippen molar-refractivity contribution in [2.45, 2.75) is 6.92 Å². The monoisotopic (exact) mass is 383 g/mol. The van der Waals surface area contributed by atoms with Crippen LogP contribution in [0.2, 0.25) is 0 Å². The summed E-state index contributed by atoms with van der Waals surface area (Å²) in [5.41, 5.74) is 1.13. The zero-order chi connectivity index (χ0) is 14.2. The molecule has 0 saturated carbocycles. The van der Waals surface area contributed by atoms with Crippen molar-refractivity contribution in [1.29, 1.82) is 0 Å². The van der Waals surface area contributed by atoms with Gasteiger partial charge in [0.25, 0.3) is 0 Å². The lowest BCUT2D eigenvalue weighted by Gasteiger charge is -2.12. The summed E-state index contributed by atoms with van der Waals surface area (Å²) in [6.45, 7) is 3.95. The Hall–Kier alpha value is -1.43. The molecule has 1 N–H and O–H groups in total. The van der Waals surface area contributed by atoms with Crippen LogP contribution in [-0.2, 0) is 0 Å². The third-order valence-electron chi connectivity index (χ3n) is 2.70. The maximum Gasteiger partial charge on any atom is 0.161 e. The number of hydrogen-bond donors (Lipinski definition) is 1. The number of anilines is 1. The van der Waals surface area contributed by atoms with Gasteiger partial charge in [-0.15, -0.1) is 0 Å². The largest absolute Gasteiger partial charge is 0.490 e. The van der Waals surface area contributed by atoms with Gasteiger partial charge in [-0.2, -0.15) is 0 Å². The summed E-state index contributed by atoms with van der Waals surface area (Å²) >= 11 is 2.32. The summed E-state index contributed by atoms with van der Waals surface area (Å²) in [4.78, 5) is 0. The Morgan fingerprint density at radius 1 is 0.950 bits per heavy atom. The molecule has 20 heavy (non-hydrogen) atoms. The first-order valence-electron chi connectivity index (χ1n) is 6.64. The van der Waals surface area contributed by atoms with Crippen LogP contribution in [0, 0.1) is 3.57 Å². The summed E-state index contributed by atoms with van der Waals surface area (Å²) in [6, 6.07) is 15.9. The maximum absolute atomic E-state index is 5.76. The number of rotatable bonds is 7. The highest BCUT2D eigenvalue weighted by Crippen LogP contribution is 2.26. The predicted molar refractivity (Wildman–Crippen MR) is 90.8 cm³/mol. The summed E-state index contributed by atoms with van der Waals surface area (Å²) in [5, 5.41) is 3.36. The summed E-state index contributed by atoms with van der Waals surface area (Å²) in [5.74, 6) is 1.59. The molecule has 106 valence electrons. The molecule has 0 radical (unpaired) electrons. The lowest BCUT2D eigenvalue weighted by molar-refractivity contribution is 0.284. The number of para-hydroxylation sites is 3. The molecule has 0 aliphatic heterocycles. The average Bonchev–Trinajstić information content (AvgIpc) is 2.47. The van der Waals surface area contributed by atoms with E-state index in [1.165, 1.54) is 3.57 Å². The molecule has 0 aliphatic carbocycles. The minimum atomic E-state index is 0.592. The van der Waals surface area contributed by atoms with Crippen molar-refractivity contribution >= 4 is 28.3 Å². The lowest BCUT2D eigenvalue weighted by Crippen LogP contribution is -2.12. The molecule has 0 saturated heterocycles. The number of hydrogen-bond acceptors (Lipinski definition) is 3. The molecule has 0 aromatic heterocycles. The molecule has 2 aromatic carbocycles. The third kappa shape index (κ3) is 4.30. The van der Waals surface area contributed by atoms with Gasteiger partial charge in [0.15, 0.2) is 11.5 Å². The highest BCUT2D eigenvalue weighted by atomic mass is 127.